The van der Waals surface area contributed by atoms with Crippen molar-refractivity contribution >= 4 is 33.2 Å². The van der Waals surface area contributed by atoms with E-state index in [1.807, 2.05) is 0 Å². The number of hydrogen-bond acceptors (Lipinski definition) is 2. The molecule has 0 fully saturated rings. The SMILES string of the molecule is CCNC(=NCCc1cccs1)N(C)Cc1cc(Br)cn1C. The Hall–Kier alpha value is -1.27. The standard InChI is InChI=1S/C16H23BrN4S/c1-4-18-16(19-8-7-15-6-5-9-22-15)21(3)12-14-10-13(17)11-20(14)2/h5-6,9-11H,4,7-8,12H2,1-3H3,(H,18,19). The van der Waals surface area contributed by atoms with Gasteiger partial charge < -0.3 is 14.8 Å². The summed E-state index contributed by atoms with van der Waals surface area (Å²) in [6.07, 6.45) is 3.07. The zero-order valence-corrected chi connectivity index (χ0v) is 15.7. The number of rotatable bonds is 6. The third-order valence-electron chi connectivity index (χ3n) is 3.37. The fourth-order valence-corrected chi connectivity index (χ4v) is 3.51. The molecule has 0 aliphatic carbocycles. The smallest absolute Gasteiger partial charge is 0.194 e. The van der Waals surface area contributed by atoms with Crippen LogP contribution in [0.5, 0.6) is 0 Å². The van der Waals surface area contributed by atoms with Gasteiger partial charge >= 0.3 is 0 Å². The molecule has 0 atom stereocenters. The largest absolute Gasteiger partial charge is 0.357 e. The summed E-state index contributed by atoms with van der Waals surface area (Å²) >= 11 is 5.31. The van der Waals surface area contributed by atoms with Crippen LogP contribution in [0.15, 0.2) is 39.2 Å². The molecule has 0 saturated carbocycles. The van der Waals surface area contributed by atoms with E-state index in [1.165, 1.54) is 10.6 Å². The summed E-state index contributed by atoms with van der Waals surface area (Å²) in [5, 5.41) is 5.48. The number of guanidine groups is 1. The average Bonchev–Trinajstić information content (AvgIpc) is 3.08. The normalized spacial score (nSPS) is 11.7. The van der Waals surface area contributed by atoms with Gasteiger partial charge in [0, 0.05) is 54.8 Å². The van der Waals surface area contributed by atoms with Crippen LogP contribution in [0.1, 0.15) is 17.5 Å². The van der Waals surface area contributed by atoms with Crippen LogP contribution in [0.3, 0.4) is 0 Å². The van der Waals surface area contributed by atoms with Crippen molar-refractivity contribution in [2.45, 2.75) is 19.9 Å². The van der Waals surface area contributed by atoms with E-state index in [0.29, 0.717) is 0 Å². The molecule has 2 rings (SSSR count). The van der Waals surface area contributed by atoms with Crippen molar-refractivity contribution in [3.05, 3.63) is 44.8 Å². The number of hydrogen-bond donors (Lipinski definition) is 1. The molecule has 0 spiro atoms. The average molecular weight is 383 g/mol. The molecule has 0 aliphatic heterocycles. The van der Waals surface area contributed by atoms with E-state index in [9.17, 15) is 0 Å². The summed E-state index contributed by atoms with van der Waals surface area (Å²) in [5.74, 6) is 0.955. The number of aromatic nitrogens is 1. The van der Waals surface area contributed by atoms with Crippen molar-refractivity contribution in [2.75, 3.05) is 20.1 Å². The first-order valence-corrected chi connectivity index (χ1v) is 9.10. The highest BCUT2D eigenvalue weighted by molar-refractivity contribution is 9.10. The molecule has 6 heteroatoms. The van der Waals surface area contributed by atoms with Crippen LogP contribution in [-0.4, -0.2) is 35.6 Å². The maximum atomic E-state index is 4.74. The zero-order chi connectivity index (χ0) is 15.9. The van der Waals surface area contributed by atoms with Crippen LogP contribution in [0.25, 0.3) is 0 Å². The molecule has 0 unspecified atom stereocenters. The molecular weight excluding hydrogens is 360 g/mol. The molecule has 0 amide bonds. The van der Waals surface area contributed by atoms with Crippen LogP contribution in [-0.2, 0) is 20.0 Å². The minimum atomic E-state index is 0.810. The predicted octanol–water partition coefficient (Wildman–Crippen LogP) is 3.49. The van der Waals surface area contributed by atoms with Gasteiger partial charge in [-0.25, -0.2) is 0 Å². The fraction of sp³-hybridized carbons (Fsp3) is 0.438. The molecule has 0 saturated heterocycles. The molecule has 0 bridgehead atoms. The predicted molar refractivity (Wildman–Crippen MR) is 98.6 cm³/mol. The fourth-order valence-electron chi connectivity index (χ4n) is 2.24. The van der Waals surface area contributed by atoms with E-state index in [-0.39, 0.29) is 0 Å². The summed E-state index contributed by atoms with van der Waals surface area (Å²) in [4.78, 5) is 8.29. The van der Waals surface area contributed by atoms with Crippen LogP contribution < -0.4 is 5.32 Å². The molecule has 0 aliphatic rings. The second-order valence-electron chi connectivity index (χ2n) is 5.18. The Morgan fingerprint density at radius 2 is 2.32 bits per heavy atom. The van der Waals surface area contributed by atoms with Gasteiger partial charge in [-0.1, -0.05) is 6.07 Å². The first kappa shape index (κ1) is 17.1. The first-order valence-electron chi connectivity index (χ1n) is 7.42. The van der Waals surface area contributed by atoms with Gasteiger partial charge in [-0.15, -0.1) is 11.3 Å². The van der Waals surface area contributed by atoms with Gasteiger partial charge in [-0.05, 0) is 40.4 Å². The number of aliphatic imine (C=N–C) groups is 1. The topological polar surface area (TPSA) is 32.6 Å². The van der Waals surface area contributed by atoms with Crippen LogP contribution in [0.4, 0.5) is 0 Å². The molecule has 0 aromatic carbocycles. The molecule has 22 heavy (non-hydrogen) atoms. The van der Waals surface area contributed by atoms with E-state index in [1.54, 1.807) is 11.3 Å². The van der Waals surface area contributed by atoms with Gasteiger partial charge in [-0.3, -0.25) is 4.99 Å². The highest BCUT2D eigenvalue weighted by atomic mass is 79.9. The van der Waals surface area contributed by atoms with Crippen molar-refractivity contribution in [3.63, 3.8) is 0 Å². The van der Waals surface area contributed by atoms with Gasteiger partial charge in [0.15, 0.2) is 5.96 Å². The molecule has 4 nitrogen and oxygen atoms in total. The summed E-state index contributed by atoms with van der Waals surface area (Å²) in [7, 11) is 4.14. The molecule has 2 aromatic rings. The van der Waals surface area contributed by atoms with Gasteiger partial charge in [-0.2, -0.15) is 0 Å². The molecular formula is C16H23BrN4S. The van der Waals surface area contributed by atoms with E-state index in [4.69, 9.17) is 4.99 Å². The van der Waals surface area contributed by atoms with E-state index >= 15 is 0 Å². The lowest BCUT2D eigenvalue weighted by molar-refractivity contribution is 0.462. The minimum Gasteiger partial charge on any atom is -0.357 e. The third-order valence-corrected chi connectivity index (χ3v) is 4.74. The first-order chi connectivity index (χ1) is 10.6. The summed E-state index contributed by atoms with van der Waals surface area (Å²) < 4.78 is 3.24. The molecule has 2 heterocycles. The summed E-state index contributed by atoms with van der Waals surface area (Å²) in [6, 6.07) is 6.40. The second kappa shape index (κ2) is 8.39. The molecule has 2 aromatic heterocycles. The summed E-state index contributed by atoms with van der Waals surface area (Å²) in [6.45, 7) is 4.61. The Labute approximate surface area is 145 Å². The van der Waals surface area contributed by atoms with Crippen molar-refractivity contribution in [2.24, 2.45) is 12.0 Å². The highest BCUT2D eigenvalue weighted by Crippen LogP contribution is 2.15. The lowest BCUT2D eigenvalue weighted by Crippen LogP contribution is -2.39. The van der Waals surface area contributed by atoms with E-state index in [2.05, 4.69) is 81.5 Å². The van der Waals surface area contributed by atoms with Crippen molar-refractivity contribution in [1.29, 1.82) is 0 Å². The third kappa shape index (κ3) is 4.88. The number of nitrogens with one attached hydrogen (secondary N) is 1. The molecule has 0 radical (unpaired) electrons. The number of nitrogens with zero attached hydrogens (tertiary/aromatic N) is 3. The number of thiophene rings is 1. The zero-order valence-electron chi connectivity index (χ0n) is 13.3. The number of aryl methyl sites for hydroxylation is 1. The molecule has 1 N–H and O–H groups in total. The maximum absolute atomic E-state index is 4.74. The van der Waals surface area contributed by atoms with Gasteiger partial charge in [0.05, 0.1) is 6.54 Å². The Bertz CT molecular complexity index is 604. The Morgan fingerprint density at radius 3 is 2.91 bits per heavy atom. The Morgan fingerprint density at radius 1 is 1.50 bits per heavy atom. The van der Waals surface area contributed by atoms with Crippen molar-refractivity contribution < 1.29 is 0 Å². The lowest BCUT2D eigenvalue weighted by atomic mass is 10.3. The van der Waals surface area contributed by atoms with Crippen LogP contribution >= 0.6 is 27.3 Å². The minimum absolute atomic E-state index is 0.810. The quantitative estimate of drug-likeness (QED) is 0.612. The van der Waals surface area contributed by atoms with Gasteiger partial charge in [0.1, 0.15) is 0 Å². The monoisotopic (exact) mass is 382 g/mol. The Kier molecular flexibility index (Phi) is 6.51. The molecule has 120 valence electrons. The van der Waals surface area contributed by atoms with Crippen molar-refractivity contribution in [3.8, 4) is 0 Å². The second-order valence-corrected chi connectivity index (χ2v) is 7.13. The van der Waals surface area contributed by atoms with Gasteiger partial charge in [0.2, 0.25) is 0 Å². The highest BCUT2D eigenvalue weighted by Gasteiger charge is 2.09. The summed E-state index contributed by atoms with van der Waals surface area (Å²) in [5.41, 5.74) is 1.25. The maximum Gasteiger partial charge on any atom is 0.194 e. The van der Waals surface area contributed by atoms with E-state index < -0.39 is 0 Å². The van der Waals surface area contributed by atoms with Crippen LogP contribution in [0.2, 0.25) is 0 Å². The van der Waals surface area contributed by atoms with Crippen LogP contribution in [0, 0.1) is 0 Å². The van der Waals surface area contributed by atoms with Crippen molar-refractivity contribution in [1.82, 2.24) is 14.8 Å². The lowest BCUT2D eigenvalue weighted by Gasteiger charge is -2.22. The number of halogens is 1. The van der Waals surface area contributed by atoms with Gasteiger partial charge in [0.25, 0.3) is 0 Å². The Balaban J connectivity index is 1.97. The van der Waals surface area contributed by atoms with E-state index in [0.717, 1.165) is 36.5 Å².